The van der Waals surface area contributed by atoms with E-state index in [9.17, 15) is 14.7 Å². The number of piperidine rings is 1. The van der Waals surface area contributed by atoms with Crippen molar-refractivity contribution in [1.82, 2.24) is 4.90 Å². The number of halogens is 2. The molecule has 4 nitrogen and oxygen atoms in total. The maximum Gasteiger partial charge on any atom is 0.407 e. The summed E-state index contributed by atoms with van der Waals surface area (Å²) in [6, 6.07) is 6.85. The lowest BCUT2D eigenvalue weighted by Gasteiger charge is -2.52. The number of likely N-dealkylation sites (tertiary alicyclic amines) is 1. The highest BCUT2D eigenvalue weighted by Gasteiger charge is 2.54. The molecule has 2 aliphatic rings. The van der Waals surface area contributed by atoms with Crippen molar-refractivity contribution < 1.29 is 14.7 Å². The van der Waals surface area contributed by atoms with E-state index < -0.39 is 17.6 Å². The van der Waals surface area contributed by atoms with E-state index in [2.05, 4.69) is 15.9 Å². The monoisotopic (exact) mass is 385 g/mol. The van der Waals surface area contributed by atoms with Crippen LogP contribution in [-0.4, -0.2) is 39.3 Å². The second kappa shape index (κ2) is 5.85. The van der Waals surface area contributed by atoms with E-state index in [1.807, 2.05) is 12.1 Å². The molecule has 1 aliphatic carbocycles. The van der Waals surface area contributed by atoms with Crippen LogP contribution in [0, 0.1) is 0 Å². The Kier molecular flexibility index (Phi) is 4.21. The van der Waals surface area contributed by atoms with Crippen molar-refractivity contribution in [1.29, 1.82) is 0 Å². The largest absolute Gasteiger partial charge is 0.465 e. The minimum Gasteiger partial charge on any atom is -0.465 e. The van der Waals surface area contributed by atoms with Crippen LogP contribution in [0.15, 0.2) is 24.3 Å². The lowest BCUT2D eigenvalue weighted by Crippen LogP contribution is -2.64. The Morgan fingerprint density at radius 2 is 1.95 bits per heavy atom. The Labute approximate surface area is 142 Å². The number of carbonyl (C=O) groups excluding carboxylic acids is 1. The van der Waals surface area contributed by atoms with E-state index >= 15 is 0 Å². The molecular weight excluding hydrogens is 370 g/mol. The summed E-state index contributed by atoms with van der Waals surface area (Å²) in [6.07, 6.45) is 2.17. The van der Waals surface area contributed by atoms with Gasteiger partial charge in [-0.15, -0.1) is 0 Å². The summed E-state index contributed by atoms with van der Waals surface area (Å²) < 4.78 is 0. The van der Waals surface area contributed by atoms with Gasteiger partial charge in [0.2, 0.25) is 0 Å². The highest BCUT2D eigenvalue weighted by atomic mass is 79.9. The fourth-order valence-electron chi connectivity index (χ4n) is 3.68. The summed E-state index contributed by atoms with van der Waals surface area (Å²) in [5.41, 5.74) is 0.598. The second-order valence-electron chi connectivity index (χ2n) is 6.05. The maximum absolute atomic E-state index is 12.7. The molecule has 1 amide bonds. The lowest BCUT2D eigenvalue weighted by molar-refractivity contribution is -0.130. The first-order valence-electron chi connectivity index (χ1n) is 7.39. The highest BCUT2D eigenvalue weighted by molar-refractivity contribution is 9.10. The van der Waals surface area contributed by atoms with Gasteiger partial charge in [0.15, 0.2) is 5.78 Å². The first-order valence-corrected chi connectivity index (χ1v) is 8.68. The van der Waals surface area contributed by atoms with Gasteiger partial charge in [-0.25, -0.2) is 4.79 Å². The second-order valence-corrected chi connectivity index (χ2v) is 7.60. The highest BCUT2D eigenvalue weighted by Crippen LogP contribution is 2.50. The van der Waals surface area contributed by atoms with Crippen LogP contribution in [0.2, 0.25) is 5.02 Å². The third kappa shape index (κ3) is 2.44. The molecule has 1 heterocycles. The number of benzene rings is 1. The van der Waals surface area contributed by atoms with E-state index in [1.165, 1.54) is 4.90 Å². The van der Waals surface area contributed by atoms with E-state index in [4.69, 9.17) is 11.6 Å². The van der Waals surface area contributed by atoms with Crippen molar-refractivity contribution >= 4 is 39.4 Å². The number of carboxylic acid groups (broad SMARTS) is 1. The molecule has 1 N–H and O–H groups in total. The van der Waals surface area contributed by atoms with Crippen LogP contribution in [0.5, 0.6) is 0 Å². The zero-order valence-electron chi connectivity index (χ0n) is 12.0. The Morgan fingerprint density at radius 1 is 1.32 bits per heavy atom. The number of ketones is 1. The number of alkyl halides is 1. The Hall–Kier alpha value is -1.07. The van der Waals surface area contributed by atoms with Gasteiger partial charge in [-0.2, -0.15) is 0 Å². The molecule has 0 spiro atoms. The summed E-state index contributed by atoms with van der Waals surface area (Å²) in [4.78, 5) is 25.4. The van der Waals surface area contributed by atoms with E-state index in [1.54, 1.807) is 12.1 Å². The molecule has 6 heteroatoms. The van der Waals surface area contributed by atoms with Crippen LogP contribution >= 0.6 is 27.5 Å². The summed E-state index contributed by atoms with van der Waals surface area (Å²) in [5, 5.41) is 10.2. The van der Waals surface area contributed by atoms with Crippen LogP contribution in [0.1, 0.15) is 31.2 Å². The SMILES string of the molecule is O=C1C(Br)CCN(C(=O)O)C1C1(c2ccc(Cl)cc2)CCC1. The first kappa shape index (κ1) is 15.8. The quantitative estimate of drug-likeness (QED) is 0.786. The Bertz CT molecular complexity index is 600. The summed E-state index contributed by atoms with van der Waals surface area (Å²) >= 11 is 9.37. The predicted molar refractivity (Wildman–Crippen MR) is 87.8 cm³/mol. The van der Waals surface area contributed by atoms with Crippen molar-refractivity contribution in [3.63, 3.8) is 0 Å². The smallest absolute Gasteiger partial charge is 0.407 e. The number of hydrogen-bond donors (Lipinski definition) is 1. The molecule has 1 saturated carbocycles. The molecule has 1 aromatic rings. The van der Waals surface area contributed by atoms with Gasteiger partial charge in [0.05, 0.1) is 4.83 Å². The fraction of sp³-hybridized carbons (Fsp3) is 0.500. The summed E-state index contributed by atoms with van der Waals surface area (Å²) in [6.45, 7) is 0.386. The van der Waals surface area contributed by atoms with Gasteiger partial charge in [-0.3, -0.25) is 9.69 Å². The number of hydrogen-bond acceptors (Lipinski definition) is 2. The molecule has 2 unspecified atom stereocenters. The van der Waals surface area contributed by atoms with Gasteiger partial charge in [0.25, 0.3) is 0 Å². The predicted octanol–water partition coefficient (Wildman–Crippen LogP) is 3.85. The molecule has 22 heavy (non-hydrogen) atoms. The van der Waals surface area contributed by atoms with Crippen LogP contribution in [0.3, 0.4) is 0 Å². The molecule has 1 aliphatic heterocycles. The minimum absolute atomic E-state index is 0.0247. The molecule has 1 aromatic carbocycles. The van der Waals surface area contributed by atoms with Crippen LogP contribution in [-0.2, 0) is 10.2 Å². The van der Waals surface area contributed by atoms with Crippen molar-refractivity contribution in [3.05, 3.63) is 34.9 Å². The number of nitrogens with zero attached hydrogens (tertiary/aromatic N) is 1. The van der Waals surface area contributed by atoms with Gasteiger partial charge >= 0.3 is 6.09 Å². The molecule has 2 fully saturated rings. The Morgan fingerprint density at radius 3 is 2.45 bits per heavy atom. The number of Topliss-reactive ketones (excluding diaryl/α,β-unsaturated/α-hetero) is 1. The average molecular weight is 387 g/mol. The minimum atomic E-state index is -1.02. The Balaban J connectivity index is 2.04. The van der Waals surface area contributed by atoms with Crippen LogP contribution in [0.25, 0.3) is 0 Å². The van der Waals surface area contributed by atoms with Gasteiger partial charge in [0.1, 0.15) is 6.04 Å². The van der Waals surface area contributed by atoms with E-state index in [0.29, 0.717) is 18.0 Å². The standard InChI is InChI=1S/C16H17BrClNO3/c17-12-6-9-19(15(21)22)14(13(12)20)16(7-1-8-16)10-2-4-11(18)5-3-10/h2-5,12,14H,1,6-9H2,(H,21,22). The first-order chi connectivity index (χ1) is 10.5. The molecule has 0 aromatic heterocycles. The van der Waals surface area contributed by atoms with Gasteiger partial charge < -0.3 is 5.11 Å². The molecular formula is C16H17BrClNO3. The van der Waals surface area contributed by atoms with Crippen LogP contribution < -0.4 is 0 Å². The number of carbonyl (C=O) groups is 2. The van der Waals surface area contributed by atoms with Gasteiger partial charge in [-0.05, 0) is 37.0 Å². The topological polar surface area (TPSA) is 57.6 Å². The molecule has 0 bridgehead atoms. The van der Waals surface area contributed by atoms with Crippen LogP contribution in [0.4, 0.5) is 4.79 Å². The van der Waals surface area contributed by atoms with Crippen molar-refractivity contribution in [2.24, 2.45) is 0 Å². The molecule has 0 radical (unpaired) electrons. The maximum atomic E-state index is 12.7. The average Bonchev–Trinajstić information content (AvgIpc) is 2.44. The zero-order chi connectivity index (χ0) is 15.9. The van der Waals surface area contributed by atoms with E-state index in [0.717, 1.165) is 24.8 Å². The molecule has 1 saturated heterocycles. The van der Waals surface area contributed by atoms with Crippen molar-refractivity contribution in [2.45, 2.75) is 42.0 Å². The van der Waals surface area contributed by atoms with Crippen molar-refractivity contribution in [3.8, 4) is 0 Å². The normalized spacial score (nSPS) is 27.4. The third-order valence-corrected chi connectivity index (χ3v) is 6.11. The van der Waals surface area contributed by atoms with E-state index in [-0.39, 0.29) is 10.6 Å². The third-order valence-electron chi connectivity index (χ3n) is 4.95. The fourth-order valence-corrected chi connectivity index (χ4v) is 4.27. The van der Waals surface area contributed by atoms with Crippen molar-refractivity contribution in [2.75, 3.05) is 6.54 Å². The lowest BCUT2D eigenvalue weighted by atomic mass is 9.58. The summed E-state index contributed by atoms with van der Waals surface area (Å²) in [5.74, 6) is -0.0247. The molecule has 2 atom stereocenters. The number of amides is 1. The molecule has 118 valence electrons. The van der Waals surface area contributed by atoms with Gasteiger partial charge in [-0.1, -0.05) is 46.1 Å². The molecule has 3 rings (SSSR count). The number of rotatable bonds is 2. The zero-order valence-corrected chi connectivity index (χ0v) is 14.3. The summed E-state index contributed by atoms with van der Waals surface area (Å²) in [7, 11) is 0. The van der Waals surface area contributed by atoms with Gasteiger partial charge in [0, 0.05) is 17.0 Å².